The Bertz CT molecular complexity index is 1040. The Morgan fingerprint density at radius 1 is 0.968 bits per heavy atom. The second-order valence-electron chi connectivity index (χ2n) is 6.90. The first-order valence-corrected chi connectivity index (χ1v) is 11.6. The fourth-order valence-electron chi connectivity index (χ4n) is 3.16. The Morgan fingerprint density at radius 3 is 2.10 bits per heavy atom. The molecule has 0 aliphatic heterocycles. The van der Waals surface area contributed by atoms with Gasteiger partial charge in [-0.1, -0.05) is 17.7 Å². The highest BCUT2D eigenvalue weighted by atomic mass is 35.5. The fraction of sp³-hybridized carbons (Fsp3) is 0.381. The molecular formula is C21H27ClN2O6S. The van der Waals surface area contributed by atoms with Crippen LogP contribution in [0.2, 0.25) is 5.02 Å². The number of nitrogens with one attached hydrogen (secondary N) is 1. The first-order valence-electron chi connectivity index (χ1n) is 9.38. The van der Waals surface area contributed by atoms with Crippen LogP contribution in [0.4, 0.5) is 5.69 Å². The lowest BCUT2D eigenvalue weighted by Gasteiger charge is -2.30. The van der Waals surface area contributed by atoms with Crippen molar-refractivity contribution in [2.75, 3.05) is 31.9 Å². The molecule has 0 aliphatic carbocycles. The van der Waals surface area contributed by atoms with Crippen molar-refractivity contribution in [1.29, 1.82) is 0 Å². The highest BCUT2D eigenvalue weighted by Crippen LogP contribution is 2.34. The maximum atomic E-state index is 13.0. The van der Waals surface area contributed by atoms with Crippen molar-refractivity contribution < 1.29 is 27.4 Å². The molecule has 0 aromatic heterocycles. The minimum Gasteiger partial charge on any atom is -0.495 e. The van der Waals surface area contributed by atoms with Gasteiger partial charge < -0.3 is 19.5 Å². The van der Waals surface area contributed by atoms with Gasteiger partial charge in [0.2, 0.25) is 15.9 Å². The second kappa shape index (κ2) is 10.1. The monoisotopic (exact) mass is 470 g/mol. The molecular weight excluding hydrogens is 444 g/mol. The molecule has 10 heteroatoms. The van der Waals surface area contributed by atoms with E-state index < -0.39 is 28.0 Å². The lowest BCUT2D eigenvalue weighted by atomic mass is 10.1. The standard InChI is InChI=1S/C21H27ClN2O6S/c1-13(15-7-9-19(29-4)20(11-15)30-5)23-21(25)14(2)24(31(6,26)27)17-12-16(22)8-10-18(17)28-3/h7-14H,1-6H3,(H,23,25)/t13-,14-/m0/s1. The van der Waals surface area contributed by atoms with Crippen LogP contribution in [0.3, 0.4) is 0 Å². The molecule has 2 aromatic rings. The van der Waals surface area contributed by atoms with Crippen molar-refractivity contribution in [3.63, 3.8) is 0 Å². The van der Waals surface area contributed by atoms with Gasteiger partial charge in [0, 0.05) is 5.02 Å². The van der Waals surface area contributed by atoms with Gasteiger partial charge in [0.15, 0.2) is 11.5 Å². The van der Waals surface area contributed by atoms with Crippen molar-refractivity contribution in [3.05, 3.63) is 47.0 Å². The molecule has 0 radical (unpaired) electrons. The van der Waals surface area contributed by atoms with Gasteiger partial charge in [-0.3, -0.25) is 9.10 Å². The molecule has 0 heterocycles. The number of carbonyl (C=O) groups is 1. The fourth-order valence-corrected chi connectivity index (χ4v) is 4.49. The zero-order chi connectivity index (χ0) is 23.3. The van der Waals surface area contributed by atoms with Crippen molar-refractivity contribution in [1.82, 2.24) is 5.32 Å². The highest BCUT2D eigenvalue weighted by molar-refractivity contribution is 7.92. The number of hydrogen-bond acceptors (Lipinski definition) is 6. The molecule has 8 nitrogen and oxygen atoms in total. The number of ether oxygens (including phenoxy) is 3. The second-order valence-corrected chi connectivity index (χ2v) is 9.19. The molecule has 0 saturated heterocycles. The molecule has 0 aliphatic rings. The third-order valence-electron chi connectivity index (χ3n) is 4.73. The van der Waals surface area contributed by atoms with E-state index in [-0.39, 0.29) is 11.4 Å². The normalized spacial score (nSPS) is 13.1. The third-order valence-corrected chi connectivity index (χ3v) is 6.20. The van der Waals surface area contributed by atoms with Crippen LogP contribution in [0, 0.1) is 0 Å². The summed E-state index contributed by atoms with van der Waals surface area (Å²) in [6.45, 7) is 3.29. The number of anilines is 1. The van der Waals surface area contributed by atoms with Gasteiger partial charge >= 0.3 is 0 Å². The first kappa shape index (κ1) is 24.6. The Kier molecular flexibility index (Phi) is 8.02. The third kappa shape index (κ3) is 5.74. The Hall–Kier alpha value is -2.65. The average molecular weight is 471 g/mol. The van der Waals surface area contributed by atoms with E-state index in [9.17, 15) is 13.2 Å². The molecule has 0 unspecified atom stereocenters. The molecule has 0 saturated carbocycles. The van der Waals surface area contributed by atoms with Crippen LogP contribution in [-0.2, 0) is 14.8 Å². The summed E-state index contributed by atoms with van der Waals surface area (Å²) in [5.74, 6) is 0.877. The zero-order valence-electron chi connectivity index (χ0n) is 18.3. The molecule has 1 N–H and O–H groups in total. The number of amides is 1. The number of benzene rings is 2. The van der Waals surface area contributed by atoms with Crippen LogP contribution >= 0.6 is 11.6 Å². The summed E-state index contributed by atoms with van der Waals surface area (Å²) in [6.07, 6.45) is 1.02. The lowest BCUT2D eigenvalue weighted by molar-refractivity contribution is -0.122. The summed E-state index contributed by atoms with van der Waals surface area (Å²) < 4.78 is 42.0. The van der Waals surface area contributed by atoms with E-state index >= 15 is 0 Å². The highest BCUT2D eigenvalue weighted by Gasteiger charge is 2.32. The molecule has 2 aromatic carbocycles. The van der Waals surface area contributed by atoms with Gasteiger partial charge in [0.1, 0.15) is 11.8 Å². The number of halogens is 1. The predicted molar refractivity (Wildman–Crippen MR) is 121 cm³/mol. The summed E-state index contributed by atoms with van der Waals surface area (Å²) in [7, 11) is 0.639. The molecule has 0 bridgehead atoms. The smallest absolute Gasteiger partial charge is 0.244 e. The van der Waals surface area contributed by atoms with Gasteiger partial charge in [-0.05, 0) is 49.7 Å². The summed E-state index contributed by atoms with van der Waals surface area (Å²) in [5.41, 5.74) is 0.948. The predicted octanol–water partition coefficient (Wildman–Crippen LogP) is 3.40. The van der Waals surface area contributed by atoms with Crippen LogP contribution in [0.25, 0.3) is 0 Å². The van der Waals surface area contributed by atoms with Crippen molar-refractivity contribution >= 4 is 33.2 Å². The van der Waals surface area contributed by atoms with Crippen LogP contribution in [0.5, 0.6) is 17.2 Å². The summed E-state index contributed by atoms with van der Waals surface area (Å²) in [4.78, 5) is 13.0. The van der Waals surface area contributed by atoms with Crippen molar-refractivity contribution in [2.24, 2.45) is 0 Å². The van der Waals surface area contributed by atoms with E-state index in [0.29, 0.717) is 16.5 Å². The van der Waals surface area contributed by atoms with Gasteiger partial charge in [0.05, 0.1) is 39.3 Å². The maximum absolute atomic E-state index is 13.0. The topological polar surface area (TPSA) is 94.2 Å². The van der Waals surface area contributed by atoms with Gasteiger partial charge in [-0.15, -0.1) is 0 Å². The first-order chi connectivity index (χ1) is 14.5. The van der Waals surface area contributed by atoms with Gasteiger partial charge in [-0.25, -0.2) is 8.42 Å². The summed E-state index contributed by atoms with van der Waals surface area (Å²) in [5, 5.41) is 3.16. The number of rotatable bonds is 9. The van der Waals surface area contributed by atoms with Crippen LogP contribution in [-0.4, -0.2) is 48.0 Å². The van der Waals surface area contributed by atoms with Crippen LogP contribution in [0.1, 0.15) is 25.5 Å². The molecule has 170 valence electrons. The average Bonchev–Trinajstić information content (AvgIpc) is 2.72. The largest absolute Gasteiger partial charge is 0.495 e. The molecule has 31 heavy (non-hydrogen) atoms. The minimum absolute atomic E-state index is 0.180. The molecule has 0 fully saturated rings. The van der Waals surface area contributed by atoms with Gasteiger partial charge in [0.25, 0.3) is 0 Å². The molecule has 0 spiro atoms. The molecule has 2 rings (SSSR count). The van der Waals surface area contributed by atoms with Gasteiger partial charge in [-0.2, -0.15) is 0 Å². The number of sulfonamides is 1. The van der Waals surface area contributed by atoms with E-state index in [4.69, 9.17) is 25.8 Å². The Morgan fingerprint density at radius 2 is 1.55 bits per heavy atom. The summed E-state index contributed by atoms with van der Waals surface area (Å²) >= 11 is 6.07. The van der Waals surface area contributed by atoms with E-state index in [1.54, 1.807) is 37.3 Å². The SMILES string of the molecule is COc1ccc([C@H](C)NC(=O)[C@H](C)N(c2cc(Cl)ccc2OC)S(C)(=O)=O)cc1OC. The summed E-state index contributed by atoms with van der Waals surface area (Å²) in [6, 6.07) is 8.38. The van der Waals surface area contributed by atoms with E-state index in [1.165, 1.54) is 34.3 Å². The van der Waals surface area contributed by atoms with E-state index in [2.05, 4.69) is 5.32 Å². The van der Waals surface area contributed by atoms with Crippen molar-refractivity contribution in [3.8, 4) is 17.2 Å². The minimum atomic E-state index is -3.83. The Labute approximate surface area is 188 Å². The quantitative estimate of drug-likeness (QED) is 0.603. The molecule has 1 amide bonds. The number of nitrogens with zero attached hydrogens (tertiary/aromatic N) is 1. The number of hydrogen-bond donors (Lipinski definition) is 1. The van der Waals surface area contributed by atoms with Crippen LogP contribution in [0.15, 0.2) is 36.4 Å². The van der Waals surface area contributed by atoms with E-state index in [0.717, 1.165) is 16.1 Å². The Balaban J connectivity index is 2.34. The maximum Gasteiger partial charge on any atom is 0.244 e. The molecule has 2 atom stereocenters. The van der Waals surface area contributed by atoms with Crippen molar-refractivity contribution in [2.45, 2.75) is 25.9 Å². The number of methoxy groups -OCH3 is 3. The zero-order valence-corrected chi connectivity index (χ0v) is 19.9. The lowest BCUT2D eigenvalue weighted by Crippen LogP contribution is -2.48. The number of carbonyl (C=O) groups excluding carboxylic acids is 1. The van der Waals surface area contributed by atoms with Crippen LogP contribution < -0.4 is 23.8 Å². The van der Waals surface area contributed by atoms with E-state index in [1.807, 2.05) is 0 Å².